The molecule has 3 aromatic rings. The molecule has 0 fully saturated rings. The number of hydrogen-bond acceptors (Lipinski definition) is 4. The number of aryl methyl sites for hydroxylation is 1. The van der Waals surface area contributed by atoms with Gasteiger partial charge in [-0.1, -0.05) is 36.4 Å². The Balaban J connectivity index is 1.43. The Morgan fingerprint density at radius 3 is 2.59 bits per heavy atom. The molecular weight excluding hydrogens is 384 g/mol. The second-order valence-electron chi connectivity index (χ2n) is 6.91. The van der Waals surface area contributed by atoms with Gasteiger partial charge in [0.05, 0.1) is 17.1 Å². The van der Waals surface area contributed by atoms with Crippen molar-refractivity contribution in [2.45, 2.75) is 39.8 Å². The van der Waals surface area contributed by atoms with Crippen molar-refractivity contribution in [2.24, 2.45) is 0 Å². The lowest BCUT2D eigenvalue weighted by Gasteiger charge is -2.08. The van der Waals surface area contributed by atoms with Gasteiger partial charge in [-0.25, -0.2) is 0 Å². The fourth-order valence-corrected chi connectivity index (χ4v) is 3.76. The maximum Gasteiger partial charge on any atom is 0.261 e. The molecule has 0 aliphatic carbocycles. The minimum atomic E-state index is -0.0857. The van der Waals surface area contributed by atoms with Crippen LogP contribution in [0.1, 0.15) is 45.0 Å². The van der Waals surface area contributed by atoms with Gasteiger partial charge < -0.3 is 10.6 Å². The number of aromatic nitrogens is 2. The number of nitrogens with zero attached hydrogens (tertiary/aromatic N) is 2. The summed E-state index contributed by atoms with van der Waals surface area (Å²) in [7, 11) is 0. The van der Waals surface area contributed by atoms with Gasteiger partial charge in [-0.3, -0.25) is 14.3 Å². The lowest BCUT2D eigenvalue weighted by molar-refractivity contribution is -0.121. The maximum atomic E-state index is 12.2. The van der Waals surface area contributed by atoms with Crippen LogP contribution in [0.4, 0.5) is 0 Å². The number of benzene rings is 1. The van der Waals surface area contributed by atoms with E-state index in [4.69, 9.17) is 0 Å². The van der Waals surface area contributed by atoms with E-state index in [1.54, 1.807) is 6.07 Å². The van der Waals surface area contributed by atoms with Crippen LogP contribution in [-0.2, 0) is 17.9 Å². The van der Waals surface area contributed by atoms with E-state index < -0.39 is 0 Å². The molecule has 3 rings (SSSR count). The number of thiophene rings is 1. The first-order valence-corrected chi connectivity index (χ1v) is 10.6. The summed E-state index contributed by atoms with van der Waals surface area (Å²) in [5.41, 5.74) is 4.25. The second kappa shape index (κ2) is 10.0. The van der Waals surface area contributed by atoms with E-state index in [0.717, 1.165) is 17.0 Å². The van der Waals surface area contributed by atoms with Crippen LogP contribution in [0.3, 0.4) is 0 Å². The molecule has 0 aliphatic rings. The van der Waals surface area contributed by atoms with Crippen LogP contribution in [0, 0.1) is 13.8 Å². The van der Waals surface area contributed by atoms with E-state index in [1.807, 2.05) is 48.2 Å². The predicted molar refractivity (Wildman–Crippen MR) is 115 cm³/mol. The van der Waals surface area contributed by atoms with Gasteiger partial charge in [0.1, 0.15) is 0 Å². The van der Waals surface area contributed by atoms with Crippen molar-refractivity contribution in [3.8, 4) is 0 Å². The second-order valence-corrected chi connectivity index (χ2v) is 7.85. The van der Waals surface area contributed by atoms with Crippen LogP contribution >= 0.6 is 11.3 Å². The number of nitrogens with one attached hydrogen (secondary N) is 2. The number of rotatable bonds is 9. The van der Waals surface area contributed by atoms with Crippen molar-refractivity contribution >= 4 is 23.2 Å². The van der Waals surface area contributed by atoms with E-state index in [9.17, 15) is 9.59 Å². The van der Waals surface area contributed by atoms with E-state index in [2.05, 4.69) is 27.9 Å². The van der Waals surface area contributed by atoms with Crippen molar-refractivity contribution in [1.29, 1.82) is 0 Å². The molecule has 0 spiro atoms. The largest absolute Gasteiger partial charge is 0.352 e. The molecular formula is C22H26N4O2S. The summed E-state index contributed by atoms with van der Waals surface area (Å²) in [6, 6.07) is 13.8. The number of hydrogen-bond donors (Lipinski definition) is 2. The first-order chi connectivity index (χ1) is 14.0. The molecule has 152 valence electrons. The van der Waals surface area contributed by atoms with Crippen LogP contribution in [0.5, 0.6) is 0 Å². The highest BCUT2D eigenvalue weighted by molar-refractivity contribution is 7.12. The van der Waals surface area contributed by atoms with E-state index in [1.165, 1.54) is 16.9 Å². The van der Waals surface area contributed by atoms with Crippen LogP contribution in [0.25, 0.3) is 0 Å². The zero-order chi connectivity index (χ0) is 20.6. The fourth-order valence-electron chi connectivity index (χ4n) is 3.12. The first kappa shape index (κ1) is 20.8. The Labute approximate surface area is 175 Å². The highest BCUT2D eigenvalue weighted by atomic mass is 32.1. The highest BCUT2D eigenvalue weighted by Crippen LogP contribution is 2.15. The Hall–Kier alpha value is -2.93. The zero-order valence-electron chi connectivity index (χ0n) is 16.8. The minimum absolute atomic E-state index is 0.0232. The molecule has 0 atom stereocenters. The molecule has 6 nitrogen and oxygen atoms in total. The van der Waals surface area contributed by atoms with Gasteiger partial charge >= 0.3 is 0 Å². The molecule has 0 saturated carbocycles. The summed E-state index contributed by atoms with van der Waals surface area (Å²) in [5, 5.41) is 12.3. The third-order valence-corrected chi connectivity index (χ3v) is 5.65. The summed E-state index contributed by atoms with van der Waals surface area (Å²) in [5.74, 6) is -0.109. The van der Waals surface area contributed by atoms with Gasteiger partial charge in [0.15, 0.2) is 0 Å². The Morgan fingerprint density at radius 1 is 1.07 bits per heavy atom. The minimum Gasteiger partial charge on any atom is -0.352 e. The van der Waals surface area contributed by atoms with Gasteiger partial charge in [-0.05, 0) is 37.3 Å². The van der Waals surface area contributed by atoms with Crippen molar-refractivity contribution in [3.05, 3.63) is 75.2 Å². The molecule has 0 radical (unpaired) electrons. The summed E-state index contributed by atoms with van der Waals surface area (Å²) >= 11 is 1.41. The normalized spacial score (nSPS) is 10.7. The van der Waals surface area contributed by atoms with Crippen molar-refractivity contribution in [2.75, 3.05) is 6.54 Å². The zero-order valence-corrected chi connectivity index (χ0v) is 17.6. The number of amides is 2. The topological polar surface area (TPSA) is 76.0 Å². The van der Waals surface area contributed by atoms with Crippen LogP contribution in [-0.4, -0.2) is 28.1 Å². The lowest BCUT2D eigenvalue weighted by atomic mass is 10.2. The quantitative estimate of drug-likeness (QED) is 0.531. The monoisotopic (exact) mass is 410 g/mol. The molecule has 2 heterocycles. The molecule has 0 aliphatic heterocycles. The Morgan fingerprint density at radius 2 is 1.86 bits per heavy atom. The third-order valence-electron chi connectivity index (χ3n) is 4.78. The van der Waals surface area contributed by atoms with Crippen molar-refractivity contribution in [1.82, 2.24) is 20.4 Å². The van der Waals surface area contributed by atoms with Crippen molar-refractivity contribution in [3.63, 3.8) is 0 Å². The molecule has 2 aromatic heterocycles. The lowest BCUT2D eigenvalue weighted by Crippen LogP contribution is -2.27. The number of carbonyl (C=O) groups excluding carboxylic acids is 2. The average Bonchev–Trinajstić information content (AvgIpc) is 3.34. The molecule has 2 N–H and O–H groups in total. The molecule has 0 unspecified atom stereocenters. The van der Waals surface area contributed by atoms with Crippen LogP contribution in [0.2, 0.25) is 0 Å². The van der Waals surface area contributed by atoms with E-state index in [-0.39, 0.29) is 11.8 Å². The summed E-state index contributed by atoms with van der Waals surface area (Å²) < 4.78 is 1.98. The summed E-state index contributed by atoms with van der Waals surface area (Å²) in [4.78, 5) is 24.7. The molecule has 0 saturated heterocycles. The smallest absolute Gasteiger partial charge is 0.261 e. The van der Waals surface area contributed by atoms with Gasteiger partial charge in [0.25, 0.3) is 5.91 Å². The van der Waals surface area contributed by atoms with Crippen LogP contribution < -0.4 is 10.6 Å². The van der Waals surface area contributed by atoms with Gasteiger partial charge in [-0.15, -0.1) is 11.3 Å². The van der Waals surface area contributed by atoms with E-state index >= 15 is 0 Å². The highest BCUT2D eigenvalue weighted by Gasteiger charge is 2.13. The average molecular weight is 411 g/mol. The fraction of sp³-hybridized carbons (Fsp3) is 0.318. The molecule has 0 bridgehead atoms. The SMILES string of the molecule is Cc1nn(Cc2ccccc2)c(C)c1CNC(=O)CCCNC(=O)c1cccs1. The van der Waals surface area contributed by atoms with Gasteiger partial charge in [0, 0.05) is 30.8 Å². The standard InChI is InChI=1S/C22H26N4O2S/c1-16-19(17(2)26(25-16)15-18-8-4-3-5-9-18)14-24-21(27)11-6-12-23-22(28)20-10-7-13-29-20/h3-5,7-10,13H,6,11-12,14-15H2,1-2H3,(H,23,28)(H,24,27). The maximum absolute atomic E-state index is 12.2. The molecule has 1 aromatic carbocycles. The Bertz CT molecular complexity index is 949. The van der Waals surface area contributed by atoms with E-state index in [0.29, 0.717) is 37.4 Å². The van der Waals surface area contributed by atoms with Gasteiger partial charge in [-0.2, -0.15) is 5.10 Å². The summed E-state index contributed by atoms with van der Waals surface area (Å²) in [6.45, 7) is 5.66. The Kier molecular flexibility index (Phi) is 7.19. The molecule has 2 amide bonds. The molecule has 29 heavy (non-hydrogen) atoms. The van der Waals surface area contributed by atoms with Gasteiger partial charge in [0.2, 0.25) is 5.91 Å². The van der Waals surface area contributed by atoms with Crippen LogP contribution in [0.15, 0.2) is 47.8 Å². The van der Waals surface area contributed by atoms with Crippen molar-refractivity contribution < 1.29 is 9.59 Å². The molecule has 7 heteroatoms. The summed E-state index contributed by atoms with van der Waals surface area (Å²) in [6.07, 6.45) is 0.981. The number of carbonyl (C=O) groups is 2. The third kappa shape index (κ3) is 5.77. The first-order valence-electron chi connectivity index (χ1n) is 9.70. The predicted octanol–water partition coefficient (Wildman–Crippen LogP) is 3.44.